The van der Waals surface area contributed by atoms with E-state index in [4.69, 9.17) is 4.43 Å². The van der Waals surface area contributed by atoms with Gasteiger partial charge < -0.3 is 23.9 Å². The molecule has 1 atom stereocenters. The van der Waals surface area contributed by atoms with E-state index in [1.54, 1.807) is 0 Å². The second-order valence-electron chi connectivity index (χ2n) is 11.4. The lowest BCUT2D eigenvalue weighted by atomic mass is 10.1. The summed E-state index contributed by atoms with van der Waals surface area (Å²) >= 11 is 0. The Bertz CT molecular complexity index is 1210. The van der Waals surface area contributed by atoms with E-state index in [-0.39, 0.29) is 23.8 Å². The zero-order valence-electron chi connectivity index (χ0n) is 23.1. The highest BCUT2D eigenvalue weighted by atomic mass is 28.4. The Labute approximate surface area is 222 Å². The van der Waals surface area contributed by atoms with Crippen LogP contribution in [0.15, 0.2) is 66.7 Å². The molecule has 1 unspecified atom stereocenters. The molecule has 1 fully saturated rings. The van der Waals surface area contributed by atoms with Crippen LogP contribution >= 0.6 is 0 Å². The molecule has 0 spiro atoms. The molecule has 1 N–H and O–H groups in total. The van der Waals surface area contributed by atoms with E-state index < -0.39 is 8.32 Å². The fourth-order valence-corrected chi connectivity index (χ4v) is 6.01. The molecule has 37 heavy (non-hydrogen) atoms. The quantitative estimate of drug-likeness (QED) is 0.380. The summed E-state index contributed by atoms with van der Waals surface area (Å²) in [5.74, 6) is 0.0385. The number of aliphatic hydroxyl groups is 1. The van der Waals surface area contributed by atoms with Crippen LogP contribution < -0.4 is 4.90 Å². The maximum atomic E-state index is 13.9. The Morgan fingerprint density at radius 2 is 1.65 bits per heavy atom. The van der Waals surface area contributed by atoms with Crippen molar-refractivity contribution in [3.63, 3.8) is 0 Å². The number of anilines is 1. The minimum Gasteiger partial charge on any atom is -0.397 e. The van der Waals surface area contributed by atoms with E-state index >= 15 is 0 Å². The van der Waals surface area contributed by atoms with Crippen molar-refractivity contribution in [1.29, 1.82) is 0 Å². The SMILES string of the molecule is CC(O[Si](C)(C)C(C)(C)C)n1c(C(=O)N2CCN(c3cccc(CO)c3)CC2)ccc1-c1ccccc1. The number of hydrogen-bond donors (Lipinski definition) is 1. The first-order chi connectivity index (χ1) is 17.5. The molecule has 0 saturated carbocycles. The standard InChI is InChI=1S/C30H41N3O3Si/c1-23(36-37(5,6)30(2,3)4)33-27(25-12-8-7-9-13-25)15-16-28(33)29(35)32-19-17-31(18-20-32)26-14-10-11-24(21-26)22-34/h7-16,21,23,34H,17-20,22H2,1-6H3. The van der Waals surface area contributed by atoms with Crippen LogP contribution in [0.5, 0.6) is 0 Å². The number of carbonyl (C=O) groups is 1. The summed E-state index contributed by atoms with van der Waals surface area (Å²) in [6.45, 7) is 16.1. The summed E-state index contributed by atoms with van der Waals surface area (Å²) in [6, 6.07) is 22.2. The third kappa shape index (κ3) is 5.84. The molecule has 0 bridgehead atoms. The molecule has 0 aliphatic carbocycles. The van der Waals surface area contributed by atoms with Crippen LogP contribution in [0.2, 0.25) is 18.1 Å². The highest BCUT2D eigenvalue weighted by Gasteiger charge is 2.39. The number of nitrogens with zero attached hydrogens (tertiary/aromatic N) is 3. The van der Waals surface area contributed by atoms with Gasteiger partial charge in [0.05, 0.1) is 12.3 Å². The van der Waals surface area contributed by atoms with Gasteiger partial charge in [-0.15, -0.1) is 0 Å². The Hall–Kier alpha value is -2.87. The van der Waals surface area contributed by atoms with Crippen molar-refractivity contribution < 1.29 is 14.3 Å². The van der Waals surface area contributed by atoms with Crippen molar-refractivity contribution in [1.82, 2.24) is 9.47 Å². The van der Waals surface area contributed by atoms with Gasteiger partial charge in [0.2, 0.25) is 0 Å². The van der Waals surface area contributed by atoms with Crippen LogP contribution in [-0.2, 0) is 11.0 Å². The molecule has 1 amide bonds. The number of aliphatic hydroxyl groups excluding tert-OH is 1. The second-order valence-corrected chi connectivity index (χ2v) is 16.2. The molecule has 1 saturated heterocycles. The van der Waals surface area contributed by atoms with Crippen molar-refractivity contribution in [2.24, 2.45) is 0 Å². The lowest BCUT2D eigenvalue weighted by Crippen LogP contribution is -2.49. The number of amides is 1. The van der Waals surface area contributed by atoms with Gasteiger partial charge in [-0.3, -0.25) is 4.79 Å². The summed E-state index contributed by atoms with van der Waals surface area (Å²) in [4.78, 5) is 18.1. The van der Waals surface area contributed by atoms with Crippen molar-refractivity contribution >= 4 is 19.9 Å². The summed E-state index contributed by atoms with van der Waals surface area (Å²) < 4.78 is 8.88. The monoisotopic (exact) mass is 519 g/mol. The first kappa shape index (κ1) is 27.2. The molecule has 2 aromatic carbocycles. The van der Waals surface area contributed by atoms with E-state index in [2.05, 4.69) is 68.5 Å². The lowest BCUT2D eigenvalue weighted by Gasteiger charge is -2.40. The fourth-order valence-electron chi connectivity index (χ4n) is 4.70. The van der Waals surface area contributed by atoms with E-state index in [0.717, 1.165) is 35.6 Å². The highest BCUT2D eigenvalue weighted by molar-refractivity contribution is 6.74. The van der Waals surface area contributed by atoms with Gasteiger partial charge in [0.15, 0.2) is 8.32 Å². The second kappa shape index (κ2) is 10.9. The number of carbonyl (C=O) groups excluding carboxylic acids is 1. The van der Waals surface area contributed by atoms with Crippen LogP contribution in [0.4, 0.5) is 5.69 Å². The first-order valence-corrected chi connectivity index (χ1v) is 16.1. The zero-order valence-corrected chi connectivity index (χ0v) is 24.1. The van der Waals surface area contributed by atoms with Gasteiger partial charge >= 0.3 is 0 Å². The molecule has 7 heteroatoms. The molecule has 4 rings (SSSR count). The number of rotatable bonds is 7. The van der Waals surface area contributed by atoms with E-state index in [0.29, 0.717) is 18.8 Å². The van der Waals surface area contributed by atoms with Gasteiger partial charge in [-0.2, -0.15) is 0 Å². The molecule has 6 nitrogen and oxygen atoms in total. The minimum atomic E-state index is -2.07. The maximum Gasteiger partial charge on any atom is 0.270 e. The third-order valence-electron chi connectivity index (χ3n) is 7.87. The van der Waals surface area contributed by atoms with Crippen LogP contribution in [0, 0.1) is 0 Å². The Morgan fingerprint density at radius 1 is 0.973 bits per heavy atom. The van der Waals surface area contributed by atoms with Gasteiger partial charge in [-0.05, 0) is 60.4 Å². The highest BCUT2D eigenvalue weighted by Crippen LogP contribution is 2.40. The minimum absolute atomic E-state index is 0.0299. The molecule has 0 radical (unpaired) electrons. The lowest BCUT2D eigenvalue weighted by molar-refractivity contribution is 0.0706. The smallest absolute Gasteiger partial charge is 0.270 e. The van der Waals surface area contributed by atoms with E-state index in [9.17, 15) is 9.90 Å². The van der Waals surface area contributed by atoms with Gasteiger partial charge in [0.1, 0.15) is 11.9 Å². The Kier molecular flexibility index (Phi) is 7.97. The van der Waals surface area contributed by atoms with Crippen molar-refractivity contribution in [3.8, 4) is 11.3 Å². The van der Waals surface area contributed by atoms with Crippen molar-refractivity contribution in [2.75, 3.05) is 31.1 Å². The summed E-state index contributed by atoms with van der Waals surface area (Å²) in [5, 5.41) is 9.55. The molecule has 3 aromatic rings. The van der Waals surface area contributed by atoms with E-state index in [1.807, 2.05) is 53.4 Å². The average Bonchev–Trinajstić information content (AvgIpc) is 3.33. The number of hydrogen-bond acceptors (Lipinski definition) is 4. The number of aromatic nitrogens is 1. The van der Waals surface area contributed by atoms with Gasteiger partial charge in [0, 0.05) is 31.9 Å². The maximum absolute atomic E-state index is 13.9. The molecule has 2 heterocycles. The molecular weight excluding hydrogens is 478 g/mol. The third-order valence-corrected chi connectivity index (χ3v) is 12.4. The van der Waals surface area contributed by atoms with Gasteiger partial charge in [0.25, 0.3) is 5.91 Å². The van der Waals surface area contributed by atoms with Gasteiger partial charge in [-0.1, -0.05) is 63.2 Å². The first-order valence-electron chi connectivity index (χ1n) is 13.2. The molecular formula is C30H41N3O3Si. The zero-order chi connectivity index (χ0) is 26.8. The van der Waals surface area contributed by atoms with Crippen LogP contribution in [0.25, 0.3) is 11.3 Å². The van der Waals surface area contributed by atoms with Crippen molar-refractivity contribution in [2.45, 2.75) is 58.7 Å². The molecule has 1 aromatic heterocycles. The molecule has 198 valence electrons. The average molecular weight is 520 g/mol. The fraction of sp³-hybridized carbons (Fsp3) is 0.433. The summed E-state index contributed by atoms with van der Waals surface area (Å²) in [5.41, 5.74) is 4.72. The predicted octanol–water partition coefficient (Wildman–Crippen LogP) is 6.15. The Balaban J connectivity index is 1.59. The normalized spacial score (nSPS) is 15.6. The molecule has 1 aliphatic rings. The topological polar surface area (TPSA) is 57.9 Å². The largest absolute Gasteiger partial charge is 0.397 e. The number of benzene rings is 2. The van der Waals surface area contributed by atoms with Gasteiger partial charge in [-0.25, -0.2) is 0 Å². The summed E-state index contributed by atoms with van der Waals surface area (Å²) in [7, 11) is -2.07. The van der Waals surface area contributed by atoms with Crippen LogP contribution in [0.1, 0.15) is 50.0 Å². The van der Waals surface area contributed by atoms with Crippen LogP contribution in [-0.4, -0.2) is 55.0 Å². The summed E-state index contributed by atoms with van der Waals surface area (Å²) in [6.07, 6.45) is -0.271. The van der Waals surface area contributed by atoms with Crippen molar-refractivity contribution in [3.05, 3.63) is 78.0 Å². The number of piperazine rings is 1. The molecule has 1 aliphatic heterocycles. The van der Waals surface area contributed by atoms with E-state index in [1.165, 1.54) is 0 Å². The Morgan fingerprint density at radius 3 is 2.27 bits per heavy atom. The van der Waals surface area contributed by atoms with Crippen LogP contribution in [0.3, 0.4) is 0 Å². The predicted molar refractivity (Wildman–Crippen MR) is 153 cm³/mol.